The molecule has 29 heavy (non-hydrogen) atoms. The number of morpholine rings is 1. The highest BCUT2D eigenvalue weighted by Crippen LogP contribution is 2.18. The quantitative estimate of drug-likeness (QED) is 0.725. The van der Waals surface area contributed by atoms with Crippen molar-refractivity contribution in [3.05, 3.63) is 46.5 Å². The van der Waals surface area contributed by atoms with E-state index < -0.39 is 6.04 Å². The number of nitrogens with one attached hydrogen (secondary N) is 2. The van der Waals surface area contributed by atoms with Gasteiger partial charge in [0, 0.05) is 30.6 Å². The molecule has 1 saturated heterocycles. The zero-order chi connectivity index (χ0) is 20.8. The van der Waals surface area contributed by atoms with Crippen molar-refractivity contribution in [1.82, 2.24) is 15.2 Å². The van der Waals surface area contributed by atoms with Crippen molar-refractivity contribution in [2.24, 2.45) is 5.92 Å². The molecule has 0 radical (unpaired) electrons. The molecule has 3 rings (SSSR count). The number of carbonyl (C=O) groups is 2. The number of nitrogens with zero attached hydrogens (tertiary/aromatic N) is 2. The molecule has 156 valence electrons. The fourth-order valence-electron chi connectivity index (χ4n) is 3.15. The third-order valence-corrected chi connectivity index (χ3v) is 5.59. The van der Waals surface area contributed by atoms with E-state index in [-0.39, 0.29) is 17.7 Å². The number of hydrogen-bond donors (Lipinski definition) is 2. The second kappa shape index (κ2) is 9.96. The highest BCUT2D eigenvalue weighted by atomic mass is 32.1. The molecule has 8 heteroatoms. The molecule has 0 bridgehead atoms. The van der Waals surface area contributed by atoms with E-state index in [2.05, 4.69) is 20.5 Å². The number of anilines is 1. The molecule has 7 nitrogen and oxygen atoms in total. The van der Waals surface area contributed by atoms with E-state index in [0.29, 0.717) is 10.7 Å². The van der Waals surface area contributed by atoms with Gasteiger partial charge in [0.15, 0.2) is 5.13 Å². The van der Waals surface area contributed by atoms with Crippen molar-refractivity contribution in [3.8, 4) is 0 Å². The first-order chi connectivity index (χ1) is 13.9. The van der Waals surface area contributed by atoms with Crippen molar-refractivity contribution < 1.29 is 14.3 Å². The van der Waals surface area contributed by atoms with Crippen LogP contribution in [-0.4, -0.2) is 54.0 Å². The van der Waals surface area contributed by atoms with Crippen molar-refractivity contribution in [2.75, 3.05) is 31.6 Å². The fourth-order valence-corrected chi connectivity index (χ4v) is 3.86. The van der Waals surface area contributed by atoms with Crippen LogP contribution in [0.1, 0.15) is 35.5 Å². The Morgan fingerprint density at radius 2 is 2.03 bits per heavy atom. The van der Waals surface area contributed by atoms with Crippen molar-refractivity contribution in [3.63, 3.8) is 0 Å². The lowest BCUT2D eigenvalue weighted by Crippen LogP contribution is -2.47. The van der Waals surface area contributed by atoms with E-state index in [9.17, 15) is 9.59 Å². The summed E-state index contributed by atoms with van der Waals surface area (Å²) in [6.45, 7) is 9.75. The van der Waals surface area contributed by atoms with Gasteiger partial charge in [0.2, 0.25) is 5.91 Å². The summed E-state index contributed by atoms with van der Waals surface area (Å²) in [5.41, 5.74) is 2.47. The maximum atomic E-state index is 12.8. The average Bonchev–Trinajstić information content (AvgIpc) is 3.13. The number of ether oxygens (including phenoxy) is 1. The Labute approximate surface area is 175 Å². The number of hydrogen-bond acceptors (Lipinski definition) is 6. The zero-order valence-electron chi connectivity index (χ0n) is 17.1. The lowest BCUT2D eigenvalue weighted by Gasteiger charge is -2.25. The maximum Gasteiger partial charge on any atom is 0.251 e. The molecule has 1 aliphatic rings. The lowest BCUT2D eigenvalue weighted by molar-refractivity contribution is -0.118. The van der Waals surface area contributed by atoms with Gasteiger partial charge in [0.25, 0.3) is 5.91 Å². The summed E-state index contributed by atoms with van der Waals surface area (Å²) in [7, 11) is 0. The highest BCUT2D eigenvalue weighted by Gasteiger charge is 2.25. The molecule has 1 aliphatic heterocycles. The minimum atomic E-state index is -0.644. The standard InChI is InChI=1S/C21H28N4O3S/c1-14(2)18(23-19(26)16-6-4-5-15(3)11-16)20(27)24-21-22-17(13-29-21)12-25-7-9-28-10-8-25/h4-6,11,13-14,18H,7-10,12H2,1-3H3,(H,23,26)(H,22,24,27). The molecule has 1 unspecified atom stereocenters. The van der Waals surface area contributed by atoms with E-state index in [1.165, 1.54) is 11.3 Å². The van der Waals surface area contributed by atoms with Gasteiger partial charge >= 0.3 is 0 Å². The summed E-state index contributed by atoms with van der Waals surface area (Å²) in [6.07, 6.45) is 0. The second-order valence-corrected chi connectivity index (χ2v) is 8.44. The summed E-state index contributed by atoms with van der Waals surface area (Å²) in [4.78, 5) is 32.2. The summed E-state index contributed by atoms with van der Waals surface area (Å²) >= 11 is 1.40. The molecule has 1 atom stereocenters. The van der Waals surface area contributed by atoms with Gasteiger partial charge in [-0.05, 0) is 25.0 Å². The van der Waals surface area contributed by atoms with Crippen molar-refractivity contribution in [2.45, 2.75) is 33.4 Å². The molecular weight excluding hydrogens is 388 g/mol. The first kappa shape index (κ1) is 21.4. The van der Waals surface area contributed by atoms with Gasteiger partial charge in [-0.15, -0.1) is 11.3 Å². The minimum Gasteiger partial charge on any atom is -0.379 e. The topological polar surface area (TPSA) is 83.6 Å². The van der Waals surface area contributed by atoms with Crippen LogP contribution in [0.2, 0.25) is 0 Å². The maximum absolute atomic E-state index is 12.8. The molecule has 1 aromatic carbocycles. The Balaban J connectivity index is 1.60. The zero-order valence-corrected chi connectivity index (χ0v) is 17.9. The average molecular weight is 417 g/mol. The SMILES string of the molecule is Cc1cccc(C(=O)NC(C(=O)Nc2nc(CN3CCOCC3)cs2)C(C)C)c1. The Morgan fingerprint density at radius 3 is 2.72 bits per heavy atom. The van der Waals surface area contributed by atoms with Crippen molar-refractivity contribution in [1.29, 1.82) is 0 Å². The monoisotopic (exact) mass is 416 g/mol. The van der Waals surface area contributed by atoms with Gasteiger partial charge in [-0.1, -0.05) is 31.5 Å². The van der Waals surface area contributed by atoms with Gasteiger partial charge in [0.05, 0.1) is 18.9 Å². The number of aryl methyl sites for hydroxylation is 1. The Kier molecular flexibility index (Phi) is 7.35. The van der Waals surface area contributed by atoms with Gasteiger partial charge in [-0.2, -0.15) is 0 Å². The second-order valence-electron chi connectivity index (χ2n) is 7.59. The predicted molar refractivity (Wildman–Crippen MR) is 114 cm³/mol. The van der Waals surface area contributed by atoms with Crippen LogP contribution in [0.25, 0.3) is 0 Å². The number of thiazole rings is 1. The van der Waals surface area contributed by atoms with Crippen LogP contribution in [0, 0.1) is 12.8 Å². The normalized spacial score (nSPS) is 15.9. The van der Waals surface area contributed by atoms with Crippen LogP contribution in [0.3, 0.4) is 0 Å². The predicted octanol–water partition coefficient (Wildman–Crippen LogP) is 2.68. The van der Waals surface area contributed by atoms with E-state index >= 15 is 0 Å². The van der Waals surface area contributed by atoms with E-state index in [0.717, 1.165) is 44.1 Å². The van der Waals surface area contributed by atoms with Gasteiger partial charge in [-0.25, -0.2) is 4.98 Å². The first-order valence-electron chi connectivity index (χ1n) is 9.85. The fraction of sp³-hybridized carbons (Fsp3) is 0.476. The van der Waals surface area contributed by atoms with Crippen molar-refractivity contribution >= 4 is 28.3 Å². The molecule has 1 fully saturated rings. The Bertz CT molecular complexity index is 846. The first-order valence-corrected chi connectivity index (χ1v) is 10.7. The van der Waals surface area contributed by atoms with Crippen LogP contribution in [0.4, 0.5) is 5.13 Å². The summed E-state index contributed by atoms with van der Waals surface area (Å²) < 4.78 is 5.36. The number of carbonyl (C=O) groups excluding carboxylic acids is 2. The third-order valence-electron chi connectivity index (χ3n) is 4.79. The van der Waals surface area contributed by atoms with E-state index in [1.807, 2.05) is 44.4 Å². The van der Waals surface area contributed by atoms with Crippen LogP contribution in [0.15, 0.2) is 29.6 Å². The molecule has 2 N–H and O–H groups in total. The number of amides is 2. The van der Waals surface area contributed by atoms with E-state index in [1.54, 1.807) is 6.07 Å². The molecule has 0 saturated carbocycles. The minimum absolute atomic E-state index is 0.0588. The van der Waals surface area contributed by atoms with Crippen LogP contribution < -0.4 is 10.6 Å². The molecular formula is C21H28N4O3S. The van der Waals surface area contributed by atoms with Crippen LogP contribution in [-0.2, 0) is 16.1 Å². The molecule has 2 aromatic rings. The number of aromatic nitrogens is 1. The molecule has 2 amide bonds. The summed E-state index contributed by atoms with van der Waals surface area (Å²) in [6, 6.07) is 6.68. The number of benzene rings is 1. The molecule has 0 spiro atoms. The Morgan fingerprint density at radius 1 is 1.28 bits per heavy atom. The molecule has 1 aromatic heterocycles. The Hall–Kier alpha value is -2.29. The largest absolute Gasteiger partial charge is 0.379 e. The highest BCUT2D eigenvalue weighted by molar-refractivity contribution is 7.13. The third kappa shape index (κ3) is 6.09. The molecule has 2 heterocycles. The van der Waals surface area contributed by atoms with Gasteiger partial charge in [-0.3, -0.25) is 14.5 Å². The van der Waals surface area contributed by atoms with Gasteiger partial charge < -0.3 is 15.4 Å². The summed E-state index contributed by atoms with van der Waals surface area (Å²) in [5.74, 6) is -0.570. The molecule has 0 aliphatic carbocycles. The number of rotatable bonds is 7. The summed E-state index contributed by atoms with van der Waals surface area (Å²) in [5, 5.41) is 8.22. The smallest absolute Gasteiger partial charge is 0.251 e. The lowest BCUT2D eigenvalue weighted by atomic mass is 10.0. The van der Waals surface area contributed by atoms with Crippen LogP contribution >= 0.6 is 11.3 Å². The van der Waals surface area contributed by atoms with Crippen LogP contribution in [0.5, 0.6) is 0 Å². The van der Waals surface area contributed by atoms with E-state index in [4.69, 9.17) is 4.74 Å². The van der Waals surface area contributed by atoms with Gasteiger partial charge in [0.1, 0.15) is 6.04 Å².